The van der Waals surface area contributed by atoms with Crippen LogP contribution in [0.4, 0.5) is 5.82 Å². The Hall–Kier alpha value is -0.970. The van der Waals surface area contributed by atoms with Crippen LogP contribution < -0.4 is 5.32 Å². The van der Waals surface area contributed by atoms with Crippen molar-refractivity contribution in [2.75, 3.05) is 5.32 Å². The Balaban J connectivity index is 2.12. The zero-order chi connectivity index (χ0) is 11.5. The van der Waals surface area contributed by atoms with Crippen LogP contribution in [0.15, 0.2) is 18.3 Å². The first-order chi connectivity index (χ1) is 7.66. The van der Waals surface area contributed by atoms with Gasteiger partial charge in [0.15, 0.2) is 0 Å². The molecule has 0 spiro atoms. The third-order valence-corrected chi connectivity index (χ3v) is 2.85. The molecular weight excluding hydrogens is 270 g/mol. The number of aromatic nitrogens is 3. The second-order valence-electron chi connectivity index (χ2n) is 3.03. The van der Waals surface area contributed by atoms with Gasteiger partial charge in [-0.05, 0) is 12.1 Å². The summed E-state index contributed by atoms with van der Waals surface area (Å²) < 4.78 is 0. The van der Waals surface area contributed by atoms with Gasteiger partial charge < -0.3 is 5.32 Å². The van der Waals surface area contributed by atoms with Crippen LogP contribution in [0.25, 0.3) is 0 Å². The average Bonchev–Trinajstić information content (AvgIpc) is 2.74. The molecule has 2 rings (SSSR count). The summed E-state index contributed by atoms with van der Waals surface area (Å²) in [6, 6.07) is 3.40. The minimum absolute atomic E-state index is 0.221. The topological polar surface area (TPSA) is 53.6 Å². The van der Waals surface area contributed by atoms with Gasteiger partial charge in [0.25, 0.3) is 0 Å². The van der Waals surface area contributed by atoms with Gasteiger partial charge >= 0.3 is 0 Å². The van der Waals surface area contributed by atoms with Gasteiger partial charge in [-0.15, -0.1) is 0 Å². The van der Waals surface area contributed by atoms with E-state index in [0.717, 1.165) is 5.69 Å². The number of pyridine rings is 1. The lowest BCUT2D eigenvalue weighted by Gasteiger charge is -2.07. The summed E-state index contributed by atoms with van der Waals surface area (Å²) in [5.74, 6) is 0.491. The van der Waals surface area contributed by atoms with Crippen LogP contribution in [0.2, 0.25) is 15.2 Å². The van der Waals surface area contributed by atoms with E-state index in [4.69, 9.17) is 34.8 Å². The van der Waals surface area contributed by atoms with Crippen LogP contribution in [0, 0.1) is 0 Å². The predicted octanol–water partition coefficient (Wildman–Crippen LogP) is 3.38. The van der Waals surface area contributed by atoms with Gasteiger partial charge in [0.2, 0.25) is 0 Å². The molecule has 2 aromatic rings. The van der Waals surface area contributed by atoms with Crippen LogP contribution in [0.1, 0.15) is 5.69 Å². The van der Waals surface area contributed by atoms with E-state index in [9.17, 15) is 0 Å². The fourth-order valence-electron chi connectivity index (χ4n) is 1.13. The van der Waals surface area contributed by atoms with Crippen molar-refractivity contribution < 1.29 is 0 Å². The van der Waals surface area contributed by atoms with Gasteiger partial charge in [0.05, 0.1) is 22.3 Å². The Morgan fingerprint density at radius 1 is 1.25 bits per heavy atom. The van der Waals surface area contributed by atoms with E-state index in [0.29, 0.717) is 22.4 Å². The highest BCUT2D eigenvalue weighted by Gasteiger charge is 2.07. The molecule has 0 saturated heterocycles. The molecule has 2 aromatic heterocycles. The molecule has 0 atom stereocenters. The van der Waals surface area contributed by atoms with Crippen molar-refractivity contribution in [1.82, 2.24) is 15.2 Å². The number of rotatable bonds is 3. The zero-order valence-electron chi connectivity index (χ0n) is 7.97. The van der Waals surface area contributed by atoms with Crippen LogP contribution in [0.5, 0.6) is 0 Å². The van der Waals surface area contributed by atoms with Crippen molar-refractivity contribution in [2.45, 2.75) is 6.54 Å². The summed E-state index contributed by atoms with van der Waals surface area (Å²) in [5, 5.41) is 10.6. The van der Waals surface area contributed by atoms with E-state index in [1.165, 1.54) is 0 Å². The van der Waals surface area contributed by atoms with Crippen LogP contribution in [0.3, 0.4) is 0 Å². The molecule has 16 heavy (non-hydrogen) atoms. The molecule has 84 valence electrons. The largest absolute Gasteiger partial charge is 0.363 e. The van der Waals surface area contributed by atoms with Gasteiger partial charge in [-0.25, -0.2) is 4.98 Å². The Kier molecular flexibility index (Phi) is 3.53. The quantitative estimate of drug-likeness (QED) is 0.846. The van der Waals surface area contributed by atoms with Crippen molar-refractivity contribution in [3.8, 4) is 0 Å². The molecule has 0 aliphatic rings. The number of nitrogens with zero attached hydrogens (tertiary/aromatic N) is 2. The summed E-state index contributed by atoms with van der Waals surface area (Å²) in [7, 11) is 0. The summed E-state index contributed by atoms with van der Waals surface area (Å²) in [6.07, 6.45) is 1.67. The number of hydrogen-bond donors (Lipinski definition) is 2. The Morgan fingerprint density at radius 3 is 2.75 bits per heavy atom. The summed E-state index contributed by atoms with van der Waals surface area (Å²) in [6.45, 7) is 0.532. The Bertz CT molecular complexity index is 484. The van der Waals surface area contributed by atoms with Gasteiger partial charge in [-0.1, -0.05) is 34.8 Å². The number of halogens is 3. The maximum Gasteiger partial charge on any atom is 0.150 e. The smallest absolute Gasteiger partial charge is 0.150 e. The lowest BCUT2D eigenvalue weighted by atomic mass is 10.4. The second kappa shape index (κ2) is 4.91. The molecule has 7 heteroatoms. The monoisotopic (exact) mass is 276 g/mol. The molecule has 0 fully saturated rings. The summed E-state index contributed by atoms with van der Waals surface area (Å²) in [4.78, 5) is 4.03. The molecule has 0 amide bonds. The molecule has 4 nitrogen and oxygen atoms in total. The first-order valence-electron chi connectivity index (χ1n) is 4.40. The van der Waals surface area contributed by atoms with Crippen molar-refractivity contribution in [2.24, 2.45) is 0 Å². The highest BCUT2D eigenvalue weighted by molar-refractivity contribution is 6.42. The van der Waals surface area contributed by atoms with Gasteiger partial charge in [0.1, 0.15) is 11.0 Å². The number of aromatic amines is 1. The lowest BCUT2D eigenvalue weighted by molar-refractivity contribution is 0.974. The highest BCUT2D eigenvalue weighted by Crippen LogP contribution is 2.28. The standard InChI is InChI=1S/C9H7Cl3N4/c10-6-3-7(11)9(15-8(6)12)13-4-5-1-2-14-16-5/h1-3H,4H2,(H,13,15)(H,14,16). The molecule has 2 heterocycles. The number of H-pyrrole nitrogens is 1. The van der Waals surface area contributed by atoms with Crippen molar-refractivity contribution in [3.63, 3.8) is 0 Å². The molecular formula is C9H7Cl3N4. The third-order valence-electron chi connectivity index (χ3n) is 1.89. The van der Waals surface area contributed by atoms with Crippen molar-refractivity contribution in [3.05, 3.63) is 39.2 Å². The Labute approximate surface area is 107 Å². The molecule has 0 aromatic carbocycles. The highest BCUT2D eigenvalue weighted by atomic mass is 35.5. The average molecular weight is 278 g/mol. The molecule has 0 unspecified atom stereocenters. The molecule has 0 bridgehead atoms. The summed E-state index contributed by atoms with van der Waals surface area (Å²) in [5.41, 5.74) is 0.920. The van der Waals surface area contributed by atoms with Gasteiger partial charge in [0, 0.05) is 6.20 Å². The van der Waals surface area contributed by atoms with Gasteiger partial charge in [-0.2, -0.15) is 5.10 Å². The normalized spacial score (nSPS) is 10.4. The zero-order valence-corrected chi connectivity index (χ0v) is 10.2. The van der Waals surface area contributed by atoms with Crippen LogP contribution >= 0.6 is 34.8 Å². The van der Waals surface area contributed by atoms with E-state index in [1.807, 2.05) is 6.07 Å². The summed E-state index contributed by atoms with van der Waals surface area (Å²) >= 11 is 17.5. The first-order valence-corrected chi connectivity index (χ1v) is 5.54. The maximum atomic E-state index is 5.95. The van der Waals surface area contributed by atoms with Crippen molar-refractivity contribution in [1.29, 1.82) is 0 Å². The fraction of sp³-hybridized carbons (Fsp3) is 0.111. The van der Waals surface area contributed by atoms with Crippen molar-refractivity contribution >= 4 is 40.6 Å². The fourth-order valence-corrected chi connectivity index (χ4v) is 1.69. The second-order valence-corrected chi connectivity index (χ2v) is 4.20. The SMILES string of the molecule is Clc1cc(Cl)c(NCc2ccn[nH]2)nc1Cl. The molecule has 2 N–H and O–H groups in total. The van der Waals surface area contributed by atoms with Gasteiger partial charge in [-0.3, -0.25) is 5.10 Å². The minimum atomic E-state index is 0.221. The lowest BCUT2D eigenvalue weighted by Crippen LogP contribution is -2.02. The third kappa shape index (κ3) is 2.58. The van der Waals surface area contributed by atoms with Crippen LogP contribution in [-0.2, 0) is 6.54 Å². The van der Waals surface area contributed by atoms with E-state index < -0.39 is 0 Å². The maximum absolute atomic E-state index is 5.95. The number of nitrogens with one attached hydrogen (secondary N) is 2. The Morgan fingerprint density at radius 2 is 2.06 bits per heavy atom. The number of anilines is 1. The number of hydrogen-bond acceptors (Lipinski definition) is 3. The predicted molar refractivity (Wildman–Crippen MR) is 65.2 cm³/mol. The van der Waals surface area contributed by atoms with Crippen LogP contribution in [-0.4, -0.2) is 15.2 Å². The van der Waals surface area contributed by atoms with E-state index >= 15 is 0 Å². The van der Waals surface area contributed by atoms with E-state index in [2.05, 4.69) is 20.5 Å². The molecule has 0 aliphatic heterocycles. The first kappa shape index (κ1) is 11.5. The van der Waals surface area contributed by atoms with E-state index in [-0.39, 0.29) is 5.15 Å². The molecule has 0 saturated carbocycles. The molecule has 0 aliphatic carbocycles. The minimum Gasteiger partial charge on any atom is -0.363 e. The molecule has 0 radical (unpaired) electrons. The van der Waals surface area contributed by atoms with E-state index in [1.54, 1.807) is 12.3 Å².